The number of oxazole rings is 1. The lowest BCUT2D eigenvalue weighted by Crippen LogP contribution is -1.93. The lowest BCUT2D eigenvalue weighted by atomic mass is 9.98. The third-order valence-electron chi connectivity index (χ3n) is 8.38. The van der Waals surface area contributed by atoms with Crippen LogP contribution in [0.5, 0.6) is 0 Å². The summed E-state index contributed by atoms with van der Waals surface area (Å²) in [7, 11) is 0. The molecule has 0 aliphatic heterocycles. The van der Waals surface area contributed by atoms with Crippen molar-refractivity contribution in [2.24, 2.45) is 0 Å². The van der Waals surface area contributed by atoms with Crippen LogP contribution in [-0.2, 0) is 0 Å². The SMILES string of the molecule is c1ccc(-c2nc3c(ccc4c(-c5ccc(-c6cccc(-c7cccc(-c8ccccn8)n7)n6)cc5)nc5ccccc5c43)o2)cc1. The fourth-order valence-corrected chi connectivity index (χ4v) is 6.12. The molecule has 0 unspecified atom stereocenters. The van der Waals surface area contributed by atoms with Gasteiger partial charge < -0.3 is 4.42 Å². The van der Waals surface area contributed by atoms with E-state index in [0.29, 0.717) is 5.89 Å². The highest BCUT2D eigenvalue weighted by molar-refractivity contribution is 6.20. The van der Waals surface area contributed by atoms with E-state index >= 15 is 0 Å². The van der Waals surface area contributed by atoms with Gasteiger partial charge in [0, 0.05) is 39.0 Å². The summed E-state index contributed by atoms with van der Waals surface area (Å²) in [6.07, 6.45) is 1.78. The quantitative estimate of drug-likeness (QED) is 0.182. The Labute approximate surface area is 270 Å². The molecule has 0 atom stereocenters. The summed E-state index contributed by atoms with van der Waals surface area (Å²) in [5.74, 6) is 0.605. The molecule has 5 heterocycles. The van der Waals surface area contributed by atoms with Crippen LogP contribution in [0.25, 0.3) is 89.5 Å². The summed E-state index contributed by atoms with van der Waals surface area (Å²) in [6, 6.07) is 48.5. The van der Waals surface area contributed by atoms with E-state index in [1.807, 2.05) is 103 Å². The number of para-hydroxylation sites is 1. The zero-order valence-corrected chi connectivity index (χ0v) is 25.1. The molecule has 0 radical (unpaired) electrons. The Morgan fingerprint density at radius 3 is 1.85 bits per heavy atom. The fourth-order valence-electron chi connectivity index (χ4n) is 6.12. The van der Waals surface area contributed by atoms with Crippen LogP contribution < -0.4 is 0 Å². The minimum atomic E-state index is 0.605. The van der Waals surface area contributed by atoms with Crippen molar-refractivity contribution in [3.05, 3.63) is 152 Å². The molecular formula is C41H25N5O. The minimum absolute atomic E-state index is 0.605. The molecule has 0 aliphatic rings. The molecule has 0 fully saturated rings. The van der Waals surface area contributed by atoms with E-state index in [2.05, 4.69) is 47.4 Å². The molecule has 0 aliphatic carbocycles. The van der Waals surface area contributed by atoms with Gasteiger partial charge in [0.05, 0.1) is 39.7 Å². The number of rotatable bonds is 5. The Morgan fingerprint density at radius 2 is 1.06 bits per heavy atom. The van der Waals surface area contributed by atoms with Crippen LogP contribution in [0.1, 0.15) is 0 Å². The summed E-state index contributed by atoms with van der Waals surface area (Å²) < 4.78 is 6.25. The van der Waals surface area contributed by atoms with Gasteiger partial charge >= 0.3 is 0 Å². The van der Waals surface area contributed by atoms with E-state index < -0.39 is 0 Å². The Balaban J connectivity index is 1.12. The molecule has 0 N–H and O–H groups in total. The first-order valence-electron chi connectivity index (χ1n) is 15.4. The van der Waals surface area contributed by atoms with Crippen LogP contribution in [0.3, 0.4) is 0 Å². The van der Waals surface area contributed by atoms with E-state index in [9.17, 15) is 0 Å². The van der Waals surface area contributed by atoms with Gasteiger partial charge in [0.15, 0.2) is 5.58 Å². The largest absolute Gasteiger partial charge is 0.436 e. The van der Waals surface area contributed by atoms with Gasteiger partial charge in [-0.15, -0.1) is 0 Å². The van der Waals surface area contributed by atoms with E-state index in [1.54, 1.807) is 6.20 Å². The monoisotopic (exact) mass is 603 g/mol. The highest BCUT2D eigenvalue weighted by Gasteiger charge is 2.18. The molecule has 9 aromatic rings. The third kappa shape index (κ3) is 4.80. The van der Waals surface area contributed by atoms with Crippen LogP contribution in [0.2, 0.25) is 0 Å². The third-order valence-corrected chi connectivity index (χ3v) is 8.38. The van der Waals surface area contributed by atoms with Gasteiger partial charge in [-0.25, -0.2) is 19.9 Å². The van der Waals surface area contributed by atoms with E-state index in [-0.39, 0.29) is 0 Å². The lowest BCUT2D eigenvalue weighted by molar-refractivity contribution is 0.620. The Hall–Kier alpha value is -6.53. The molecule has 0 amide bonds. The van der Waals surface area contributed by atoms with Gasteiger partial charge in [-0.1, -0.05) is 78.9 Å². The minimum Gasteiger partial charge on any atom is -0.436 e. The highest BCUT2D eigenvalue weighted by atomic mass is 16.3. The number of nitrogens with zero attached hydrogens (tertiary/aromatic N) is 5. The number of hydrogen-bond donors (Lipinski definition) is 0. The molecule has 6 nitrogen and oxygen atoms in total. The number of benzene rings is 4. The summed E-state index contributed by atoms with van der Waals surface area (Å²) in [4.78, 5) is 24.4. The van der Waals surface area contributed by atoms with Crippen molar-refractivity contribution in [3.63, 3.8) is 0 Å². The average Bonchev–Trinajstić information content (AvgIpc) is 3.60. The Morgan fingerprint density at radius 1 is 0.404 bits per heavy atom. The molecule has 5 aromatic heterocycles. The van der Waals surface area contributed by atoms with Crippen LogP contribution in [0.15, 0.2) is 156 Å². The van der Waals surface area contributed by atoms with Gasteiger partial charge in [-0.05, 0) is 66.7 Å². The molecule has 220 valence electrons. The zero-order valence-electron chi connectivity index (χ0n) is 25.1. The molecule has 0 saturated carbocycles. The fraction of sp³-hybridized carbons (Fsp3) is 0. The molecule has 6 heteroatoms. The van der Waals surface area contributed by atoms with Gasteiger partial charge in [0.2, 0.25) is 5.89 Å². The van der Waals surface area contributed by atoms with E-state index in [4.69, 9.17) is 24.4 Å². The number of aromatic nitrogens is 5. The molecular weight excluding hydrogens is 578 g/mol. The second-order valence-corrected chi connectivity index (χ2v) is 11.3. The first-order chi connectivity index (χ1) is 23.3. The first-order valence-corrected chi connectivity index (χ1v) is 15.4. The van der Waals surface area contributed by atoms with Crippen LogP contribution >= 0.6 is 0 Å². The van der Waals surface area contributed by atoms with Crippen LogP contribution in [0, 0.1) is 0 Å². The second kappa shape index (κ2) is 11.1. The van der Waals surface area contributed by atoms with Gasteiger partial charge in [0.25, 0.3) is 0 Å². The number of fused-ring (bicyclic) bond motifs is 5. The number of hydrogen-bond acceptors (Lipinski definition) is 6. The maximum atomic E-state index is 6.25. The Kier molecular flexibility index (Phi) is 6.35. The molecule has 0 bridgehead atoms. The van der Waals surface area contributed by atoms with Crippen molar-refractivity contribution in [2.75, 3.05) is 0 Å². The van der Waals surface area contributed by atoms with Crippen LogP contribution in [0.4, 0.5) is 0 Å². The van der Waals surface area contributed by atoms with E-state index in [1.165, 1.54) is 0 Å². The lowest BCUT2D eigenvalue weighted by Gasteiger charge is -2.11. The summed E-state index contributed by atoms with van der Waals surface area (Å²) in [5.41, 5.74) is 10.5. The van der Waals surface area contributed by atoms with Crippen molar-refractivity contribution in [3.8, 4) is 56.7 Å². The predicted molar refractivity (Wildman–Crippen MR) is 187 cm³/mol. The zero-order chi connectivity index (χ0) is 31.2. The molecule has 4 aromatic carbocycles. The standard InChI is InChI=1S/C41H25N5O/c1-2-10-28(11-3-1)41-46-40-37(47-41)24-23-30-38(40)29-12-4-5-13-32(29)45-39(30)27-21-19-26(20-22-27)31-15-8-17-35(43-31)36-18-9-16-34(44-36)33-14-6-7-25-42-33/h1-25H. The van der Waals surface area contributed by atoms with Gasteiger partial charge in [-0.2, -0.15) is 0 Å². The van der Waals surface area contributed by atoms with Crippen molar-refractivity contribution >= 4 is 32.8 Å². The molecule has 47 heavy (non-hydrogen) atoms. The predicted octanol–water partition coefficient (Wildman–Crippen LogP) is 10.0. The van der Waals surface area contributed by atoms with Gasteiger partial charge in [0.1, 0.15) is 5.52 Å². The Bertz CT molecular complexity index is 2560. The van der Waals surface area contributed by atoms with Gasteiger partial charge in [-0.3, -0.25) is 4.98 Å². The second-order valence-electron chi connectivity index (χ2n) is 11.3. The first kappa shape index (κ1) is 26.8. The topological polar surface area (TPSA) is 77.6 Å². The number of pyridine rings is 4. The van der Waals surface area contributed by atoms with Crippen molar-refractivity contribution in [1.29, 1.82) is 0 Å². The smallest absolute Gasteiger partial charge is 0.227 e. The molecule has 9 rings (SSSR count). The van der Waals surface area contributed by atoms with Crippen molar-refractivity contribution in [2.45, 2.75) is 0 Å². The molecule has 0 saturated heterocycles. The molecule has 0 spiro atoms. The maximum Gasteiger partial charge on any atom is 0.227 e. The summed E-state index contributed by atoms with van der Waals surface area (Å²) >= 11 is 0. The summed E-state index contributed by atoms with van der Waals surface area (Å²) in [6.45, 7) is 0. The van der Waals surface area contributed by atoms with Crippen molar-refractivity contribution in [1.82, 2.24) is 24.9 Å². The normalized spacial score (nSPS) is 11.4. The van der Waals surface area contributed by atoms with Crippen LogP contribution in [-0.4, -0.2) is 24.9 Å². The average molecular weight is 604 g/mol. The maximum absolute atomic E-state index is 6.25. The van der Waals surface area contributed by atoms with E-state index in [0.717, 1.165) is 83.6 Å². The van der Waals surface area contributed by atoms with Crippen molar-refractivity contribution < 1.29 is 4.42 Å². The highest BCUT2D eigenvalue weighted by Crippen LogP contribution is 2.38. The summed E-state index contributed by atoms with van der Waals surface area (Å²) in [5, 5.41) is 3.10.